The lowest BCUT2D eigenvalue weighted by Crippen LogP contribution is -2.20. The van der Waals surface area contributed by atoms with Crippen molar-refractivity contribution in [2.75, 3.05) is 31.1 Å². The van der Waals surface area contributed by atoms with E-state index in [0.29, 0.717) is 0 Å². The number of nitrogens with zero attached hydrogens (tertiary/aromatic N) is 3. The van der Waals surface area contributed by atoms with Crippen LogP contribution in [0.15, 0.2) is 45.6 Å². The molecule has 4 nitrogen and oxygen atoms in total. The summed E-state index contributed by atoms with van der Waals surface area (Å²) in [6.45, 7) is 5.06. The smallest absolute Gasteiger partial charge is 0.212 e. The average molecular weight is 582 g/mol. The van der Waals surface area contributed by atoms with E-state index in [2.05, 4.69) is 64.2 Å². The molecule has 6 rings (SSSR count). The summed E-state index contributed by atoms with van der Waals surface area (Å²) in [4.78, 5) is 10.3. The molecule has 2 aliphatic heterocycles. The van der Waals surface area contributed by atoms with Gasteiger partial charge >= 0.3 is 0 Å². The van der Waals surface area contributed by atoms with Crippen molar-refractivity contribution < 1.29 is 4.39 Å². The van der Waals surface area contributed by atoms with Crippen molar-refractivity contribution in [3.8, 4) is 0 Å². The van der Waals surface area contributed by atoms with Crippen molar-refractivity contribution >= 4 is 37.7 Å². The lowest BCUT2D eigenvalue weighted by atomic mass is 9.82. The lowest BCUT2D eigenvalue weighted by Gasteiger charge is -2.23. The topological polar surface area (TPSA) is 41.1 Å². The van der Waals surface area contributed by atoms with Gasteiger partial charge in [0.25, 0.3) is 0 Å². The van der Waals surface area contributed by atoms with E-state index in [4.69, 9.17) is 0 Å². The van der Waals surface area contributed by atoms with Crippen molar-refractivity contribution in [1.82, 2.24) is 15.3 Å². The predicted molar refractivity (Wildman–Crippen MR) is 140 cm³/mol. The van der Waals surface area contributed by atoms with Gasteiger partial charge < -0.3 is 10.2 Å². The fourth-order valence-corrected chi connectivity index (χ4v) is 6.25. The summed E-state index contributed by atoms with van der Waals surface area (Å²) in [6, 6.07) is 7.11. The third-order valence-electron chi connectivity index (χ3n) is 7.58. The number of rotatable bonds is 1. The third-order valence-corrected chi connectivity index (χ3v) is 8.52. The van der Waals surface area contributed by atoms with Crippen LogP contribution in [0.5, 0.6) is 0 Å². The van der Waals surface area contributed by atoms with Gasteiger partial charge in [-0.2, -0.15) is 4.39 Å². The van der Waals surface area contributed by atoms with Crippen LogP contribution in [0.2, 0.25) is 0 Å². The van der Waals surface area contributed by atoms with Gasteiger partial charge in [-0.3, -0.25) is 0 Å². The highest BCUT2D eigenvalue weighted by atomic mass is 79.9. The van der Waals surface area contributed by atoms with E-state index >= 15 is 0 Å². The first-order valence-electron chi connectivity index (χ1n) is 12.4. The number of aromatic nitrogens is 2. The van der Waals surface area contributed by atoms with Gasteiger partial charge in [-0.25, -0.2) is 9.97 Å². The van der Waals surface area contributed by atoms with Crippen molar-refractivity contribution in [3.05, 3.63) is 51.6 Å². The third kappa shape index (κ3) is 7.46. The van der Waals surface area contributed by atoms with E-state index in [1.54, 1.807) is 6.07 Å². The highest BCUT2D eigenvalue weighted by Gasteiger charge is 2.34. The first kappa shape index (κ1) is 25.1. The zero-order valence-electron chi connectivity index (χ0n) is 19.2. The second kappa shape index (κ2) is 12.6. The van der Waals surface area contributed by atoms with Crippen LogP contribution >= 0.6 is 31.9 Å². The molecular weight excluding hydrogens is 547 g/mol. The van der Waals surface area contributed by atoms with Crippen LogP contribution < -0.4 is 10.2 Å². The molecule has 0 amide bonds. The number of pyridine rings is 2. The molecule has 4 atom stereocenters. The van der Waals surface area contributed by atoms with Crippen LogP contribution in [-0.4, -0.2) is 36.1 Å². The van der Waals surface area contributed by atoms with Gasteiger partial charge in [-0.1, -0.05) is 25.7 Å². The normalized spacial score (nSPS) is 28.0. The van der Waals surface area contributed by atoms with Gasteiger partial charge in [0, 0.05) is 34.4 Å². The molecule has 0 radical (unpaired) electrons. The summed E-state index contributed by atoms with van der Waals surface area (Å²) in [5, 5.41) is 3.46. The summed E-state index contributed by atoms with van der Waals surface area (Å²) in [6.07, 6.45) is 15.0. The molecule has 7 heteroatoms. The maximum absolute atomic E-state index is 12.0. The van der Waals surface area contributed by atoms with E-state index < -0.39 is 5.95 Å². The molecular formula is C26H35Br2FN4. The largest absolute Gasteiger partial charge is 0.356 e. The Morgan fingerprint density at radius 1 is 0.727 bits per heavy atom. The zero-order chi connectivity index (χ0) is 23.0. The number of halogens is 3. The Bertz CT molecular complexity index is 801. The number of fused-ring (bicyclic) bond motifs is 2. The fraction of sp³-hybridized carbons (Fsp3) is 0.615. The minimum absolute atomic E-state index is 0.451. The second-order valence-electron chi connectivity index (χ2n) is 9.81. The molecule has 2 aromatic rings. The fourth-order valence-electron chi connectivity index (χ4n) is 5.78. The van der Waals surface area contributed by atoms with Gasteiger partial charge in [0.15, 0.2) is 0 Å². The summed E-state index contributed by atoms with van der Waals surface area (Å²) >= 11 is 6.55. The molecule has 1 N–H and O–H groups in total. The lowest BCUT2D eigenvalue weighted by molar-refractivity contribution is 0.299. The van der Waals surface area contributed by atoms with Gasteiger partial charge in [0.1, 0.15) is 5.82 Å². The van der Waals surface area contributed by atoms with E-state index in [9.17, 15) is 4.39 Å². The van der Waals surface area contributed by atoms with Crippen LogP contribution in [0.25, 0.3) is 0 Å². The summed E-state index contributed by atoms with van der Waals surface area (Å²) in [5.41, 5.74) is 0. The van der Waals surface area contributed by atoms with Gasteiger partial charge in [0.05, 0.1) is 0 Å². The Morgan fingerprint density at radius 3 is 1.70 bits per heavy atom. The maximum atomic E-state index is 12.0. The average Bonchev–Trinajstić information content (AvgIpc) is 3.49. The predicted octanol–water partition coefficient (Wildman–Crippen LogP) is 6.85. The number of nitrogens with one attached hydrogen (secondary N) is 1. The minimum atomic E-state index is -0.451. The first-order valence-corrected chi connectivity index (χ1v) is 14.0. The molecule has 4 heterocycles. The van der Waals surface area contributed by atoms with E-state index in [0.717, 1.165) is 38.4 Å². The van der Waals surface area contributed by atoms with Crippen LogP contribution in [0.1, 0.15) is 51.4 Å². The number of anilines is 1. The molecule has 4 fully saturated rings. The van der Waals surface area contributed by atoms with Gasteiger partial charge in [0.2, 0.25) is 5.95 Å². The molecule has 180 valence electrons. The Morgan fingerprint density at radius 2 is 1.24 bits per heavy atom. The van der Waals surface area contributed by atoms with E-state index in [-0.39, 0.29) is 0 Å². The van der Waals surface area contributed by atoms with Crippen LogP contribution in [0, 0.1) is 29.6 Å². The highest BCUT2D eigenvalue weighted by Crippen LogP contribution is 2.37. The molecule has 0 spiro atoms. The number of hydrogen-bond acceptors (Lipinski definition) is 4. The Balaban J connectivity index is 0.000000129. The Hall–Kier alpha value is -1.05. The van der Waals surface area contributed by atoms with E-state index in [1.807, 2.05) is 6.20 Å². The Kier molecular flexibility index (Phi) is 9.56. The Labute approximate surface area is 214 Å². The quantitative estimate of drug-likeness (QED) is 0.374. The molecule has 2 saturated carbocycles. The monoisotopic (exact) mass is 580 g/mol. The first-order chi connectivity index (χ1) is 16.1. The van der Waals surface area contributed by atoms with Crippen molar-refractivity contribution in [2.24, 2.45) is 23.7 Å². The second-order valence-corrected chi connectivity index (χ2v) is 11.6. The van der Waals surface area contributed by atoms with Gasteiger partial charge in [-0.15, -0.1) is 0 Å². The number of hydrogen-bond donors (Lipinski definition) is 1. The van der Waals surface area contributed by atoms with Crippen LogP contribution in [0.4, 0.5) is 10.2 Å². The van der Waals surface area contributed by atoms with Crippen molar-refractivity contribution in [2.45, 2.75) is 51.4 Å². The molecule has 2 aromatic heterocycles. The van der Waals surface area contributed by atoms with Crippen LogP contribution in [-0.2, 0) is 0 Å². The van der Waals surface area contributed by atoms with Crippen molar-refractivity contribution in [3.63, 3.8) is 0 Å². The highest BCUT2D eigenvalue weighted by molar-refractivity contribution is 9.10. The molecule has 0 unspecified atom stereocenters. The summed E-state index contributed by atoms with van der Waals surface area (Å²) in [5.74, 6) is 4.67. The molecule has 2 aliphatic carbocycles. The standard InChI is InChI=1S/C13H17BrN2.C8H15N.C5H3BrFN/c14-12-5-6-13(15-7-12)16-8-10-3-1-2-4-11(10)9-16;1-2-4-8-6-9-5-7(8)3-1;6-4-1-2-5(7)8-3-4/h5-7,10-11H,1-4,8-9H2;7-9H,1-6H2;1-3H/t10-,11+;7-,8+;. The summed E-state index contributed by atoms with van der Waals surface area (Å²) < 4.78 is 13.8. The molecule has 4 aliphatic rings. The minimum Gasteiger partial charge on any atom is -0.356 e. The molecule has 2 saturated heterocycles. The van der Waals surface area contributed by atoms with Crippen molar-refractivity contribution in [1.29, 1.82) is 0 Å². The molecule has 33 heavy (non-hydrogen) atoms. The molecule has 0 bridgehead atoms. The van der Waals surface area contributed by atoms with Crippen LogP contribution in [0.3, 0.4) is 0 Å². The maximum Gasteiger partial charge on any atom is 0.212 e. The van der Waals surface area contributed by atoms with E-state index in [1.165, 1.54) is 89.8 Å². The summed E-state index contributed by atoms with van der Waals surface area (Å²) in [7, 11) is 0. The SMILES string of the molecule is Brc1ccc(N2C[C@H]3CCCC[C@H]3C2)nc1.C1CC[C@H]2CNC[C@H]2C1.Fc1ccc(Br)cn1. The zero-order valence-corrected chi connectivity index (χ0v) is 22.4. The van der Waals surface area contributed by atoms with Gasteiger partial charge in [-0.05, 0) is 119 Å². The molecule has 0 aromatic carbocycles.